The first-order chi connectivity index (χ1) is 10.8. The van der Waals surface area contributed by atoms with Crippen LogP contribution in [0.3, 0.4) is 0 Å². The zero-order valence-electron chi connectivity index (χ0n) is 12.8. The van der Waals surface area contributed by atoms with Gasteiger partial charge in [-0.1, -0.05) is 24.6 Å². The van der Waals surface area contributed by atoms with Crippen LogP contribution in [0.15, 0.2) is 47.4 Å². The van der Waals surface area contributed by atoms with E-state index >= 15 is 0 Å². The Labute approximate surface area is 140 Å². The van der Waals surface area contributed by atoms with E-state index in [9.17, 15) is 13.2 Å². The maximum Gasteiger partial charge on any atom is 0.261 e. The third-order valence-electron chi connectivity index (χ3n) is 3.30. The molecular weight excluding hydrogens is 336 g/mol. The molecular formula is C16H17ClN2O3S. The Morgan fingerprint density at radius 3 is 2.30 bits per heavy atom. The summed E-state index contributed by atoms with van der Waals surface area (Å²) in [6.45, 7) is 3.49. The van der Waals surface area contributed by atoms with E-state index in [0.717, 1.165) is 0 Å². The fourth-order valence-corrected chi connectivity index (χ4v) is 3.19. The number of carbonyl (C=O) groups excluding carboxylic acids is 1. The molecule has 0 bridgehead atoms. The topological polar surface area (TPSA) is 75.3 Å². The van der Waals surface area contributed by atoms with Crippen molar-refractivity contribution in [2.45, 2.75) is 25.2 Å². The summed E-state index contributed by atoms with van der Waals surface area (Å²) in [6, 6.07) is 10.9. The van der Waals surface area contributed by atoms with Crippen molar-refractivity contribution in [2.75, 3.05) is 10.0 Å². The standard InChI is InChI=1S/C16H17ClN2O3S/c1-3-16(20)18-14-5-4-6-15(11(14)2)19-23(21,22)13-9-7-12(17)8-10-13/h4-10,19H,3H2,1-2H3,(H,18,20). The van der Waals surface area contributed by atoms with Gasteiger partial charge in [0.05, 0.1) is 10.6 Å². The maximum absolute atomic E-state index is 12.4. The van der Waals surface area contributed by atoms with Crippen molar-refractivity contribution in [3.05, 3.63) is 53.1 Å². The van der Waals surface area contributed by atoms with Crippen LogP contribution >= 0.6 is 11.6 Å². The Kier molecular flexibility index (Phi) is 5.28. The zero-order chi connectivity index (χ0) is 17.0. The second-order valence-corrected chi connectivity index (χ2v) is 7.06. The Balaban J connectivity index is 2.31. The number of hydrogen-bond donors (Lipinski definition) is 2. The van der Waals surface area contributed by atoms with Crippen LogP contribution in [0.4, 0.5) is 11.4 Å². The molecule has 0 fully saturated rings. The predicted molar refractivity (Wildman–Crippen MR) is 92.4 cm³/mol. The molecule has 0 aliphatic rings. The number of carbonyl (C=O) groups is 1. The fourth-order valence-electron chi connectivity index (χ4n) is 1.94. The van der Waals surface area contributed by atoms with Crippen molar-refractivity contribution in [1.29, 1.82) is 0 Å². The lowest BCUT2D eigenvalue weighted by Gasteiger charge is -2.14. The summed E-state index contributed by atoms with van der Waals surface area (Å²) in [4.78, 5) is 11.6. The van der Waals surface area contributed by atoms with E-state index < -0.39 is 10.0 Å². The van der Waals surface area contributed by atoms with Gasteiger partial charge in [-0.25, -0.2) is 8.42 Å². The highest BCUT2D eigenvalue weighted by Crippen LogP contribution is 2.26. The minimum Gasteiger partial charge on any atom is -0.326 e. The Hall–Kier alpha value is -2.05. The number of halogens is 1. The first-order valence-corrected chi connectivity index (χ1v) is 8.87. The molecule has 0 spiro atoms. The number of anilines is 2. The molecule has 0 atom stereocenters. The van der Waals surface area contributed by atoms with Gasteiger partial charge in [0.1, 0.15) is 0 Å². The summed E-state index contributed by atoms with van der Waals surface area (Å²) in [7, 11) is -3.72. The van der Waals surface area contributed by atoms with Crippen molar-refractivity contribution < 1.29 is 13.2 Å². The molecule has 2 aromatic rings. The summed E-state index contributed by atoms with van der Waals surface area (Å²) < 4.78 is 27.4. The molecule has 0 aromatic heterocycles. The fraction of sp³-hybridized carbons (Fsp3) is 0.188. The highest BCUT2D eigenvalue weighted by molar-refractivity contribution is 7.92. The molecule has 23 heavy (non-hydrogen) atoms. The van der Waals surface area contributed by atoms with Gasteiger partial charge >= 0.3 is 0 Å². The molecule has 0 saturated heterocycles. The summed E-state index contributed by atoms with van der Waals surface area (Å²) in [5.41, 5.74) is 1.63. The third kappa shape index (κ3) is 4.24. The second kappa shape index (κ2) is 7.02. The van der Waals surface area contributed by atoms with Crippen molar-refractivity contribution in [3.63, 3.8) is 0 Å². The molecule has 0 aliphatic carbocycles. The molecule has 0 radical (unpaired) electrons. The average molecular weight is 353 g/mol. The molecule has 122 valence electrons. The van der Waals surface area contributed by atoms with Gasteiger partial charge in [-0.05, 0) is 48.9 Å². The van der Waals surface area contributed by atoms with Crippen LogP contribution < -0.4 is 10.0 Å². The SMILES string of the molecule is CCC(=O)Nc1cccc(NS(=O)(=O)c2ccc(Cl)cc2)c1C. The molecule has 0 unspecified atom stereocenters. The van der Waals surface area contributed by atoms with Crippen LogP contribution in [0.2, 0.25) is 5.02 Å². The molecule has 2 N–H and O–H groups in total. The van der Waals surface area contributed by atoms with E-state index in [1.54, 1.807) is 32.0 Å². The number of sulfonamides is 1. The summed E-state index contributed by atoms with van der Waals surface area (Å²) in [5, 5.41) is 3.20. The largest absolute Gasteiger partial charge is 0.326 e. The van der Waals surface area contributed by atoms with E-state index in [1.165, 1.54) is 24.3 Å². The minimum atomic E-state index is -3.72. The molecule has 0 saturated carbocycles. The maximum atomic E-state index is 12.4. The number of rotatable bonds is 5. The van der Waals surface area contributed by atoms with E-state index in [0.29, 0.717) is 28.4 Å². The number of amides is 1. The number of hydrogen-bond acceptors (Lipinski definition) is 3. The molecule has 0 heterocycles. The van der Waals surface area contributed by atoms with E-state index in [2.05, 4.69) is 10.0 Å². The number of benzene rings is 2. The monoisotopic (exact) mass is 352 g/mol. The van der Waals surface area contributed by atoms with Crippen LogP contribution in [0.1, 0.15) is 18.9 Å². The predicted octanol–water partition coefficient (Wildman–Crippen LogP) is 3.80. The van der Waals surface area contributed by atoms with Crippen LogP contribution in [-0.2, 0) is 14.8 Å². The van der Waals surface area contributed by atoms with Crippen LogP contribution in [-0.4, -0.2) is 14.3 Å². The van der Waals surface area contributed by atoms with Gasteiger partial charge in [0.15, 0.2) is 0 Å². The lowest BCUT2D eigenvalue weighted by Crippen LogP contribution is -2.15. The van der Waals surface area contributed by atoms with Crippen molar-refractivity contribution in [2.24, 2.45) is 0 Å². The second-order valence-electron chi connectivity index (χ2n) is 4.94. The van der Waals surface area contributed by atoms with E-state index in [-0.39, 0.29) is 10.8 Å². The molecule has 2 aromatic carbocycles. The molecule has 0 aliphatic heterocycles. The van der Waals surface area contributed by atoms with Crippen molar-refractivity contribution >= 4 is 38.9 Å². The third-order valence-corrected chi connectivity index (χ3v) is 4.93. The molecule has 2 rings (SSSR count). The summed E-state index contributed by atoms with van der Waals surface area (Å²) in [5.74, 6) is -0.134. The van der Waals surface area contributed by atoms with E-state index in [1.807, 2.05) is 0 Å². The first-order valence-electron chi connectivity index (χ1n) is 7.01. The zero-order valence-corrected chi connectivity index (χ0v) is 14.3. The lowest BCUT2D eigenvalue weighted by atomic mass is 10.1. The van der Waals surface area contributed by atoms with Gasteiger partial charge in [0.25, 0.3) is 10.0 Å². The van der Waals surface area contributed by atoms with Crippen molar-refractivity contribution in [1.82, 2.24) is 0 Å². The molecule has 7 heteroatoms. The van der Waals surface area contributed by atoms with E-state index in [4.69, 9.17) is 11.6 Å². The van der Waals surface area contributed by atoms with Gasteiger partial charge < -0.3 is 5.32 Å². The minimum absolute atomic E-state index is 0.115. The quantitative estimate of drug-likeness (QED) is 0.859. The summed E-state index contributed by atoms with van der Waals surface area (Å²) >= 11 is 5.77. The molecule has 5 nitrogen and oxygen atoms in total. The van der Waals surface area contributed by atoms with Gasteiger partial charge in [-0.15, -0.1) is 0 Å². The van der Waals surface area contributed by atoms with Crippen molar-refractivity contribution in [3.8, 4) is 0 Å². The molecule has 1 amide bonds. The van der Waals surface area contributed by atoms with Crippen LogP contribution in [0, 0.1) is 6.92 Å². The number of nitrogens with one attached hydrogen (secondary N) is 2. The first kappa shape index (κ1) is 17.3. The highest BCUT2D eigenvalue weighted by atomic mass is 35.5. The highest BCUT2D eigenvalue weighted by Gasteiger charge is 2.16. The van der Waals surface area contributed by atoms with Gasteiger partial charge in [0.2, 0.25) is 5.91 Å². The van der Waals surface area contributed by atoms with Crippen LogP contribution in [0.5, 0.6) is 0 Å². The van der Waals surface area contributed by atoms with Gasteiger partial charge in [-0.3, -0.25) is 9.52 Å². The van der Waals surface area contributed by atoms with Gasteiger partial charge in [0, 0.05) is 17.1 Å². The Morgan fingerprint density at radius 1 is 1.09 bits per heavy atom. The smallest absolute Gasteiger partial charge is 0.261 e. The lowest BCUT2D eigenvalue weighted by molar-refractivity contribution is -0.115. The van der Waals surface area contributed by atoms with Gasteiger partial charge in [-0.2, -0.15) is 0 Å². The normalized spacial score (nSPS) is 11.1. The van der Waals surface area contributed by atoms with Crippen LogP contribution in [0.25, 0.3) is 0 Å². The Bertz CT molecular complexity index is 818. The Morgan fingerprint density at radius 2 is 1.70 bits per heavy atom. The average Bonchev–Trinajstić information content (AvgIpc) is 2.51. The summed E-state index contributed by atoms with van der Waals surface area (Å²) in [6.07, 6.45) is 0.347.